The van der Waals surface area contributed by atoms with Crippen molar-refractivity contribution in [1.29, 1.82) is 0 Å². The molecule has 0 fully saturated rings. The first-order chi connectivity index (χ1) is 13.3. The van der Waals surface area contributed by atoms with Gasteiger partial charge in [0.25, 0.3) is 5.56 Å². The fraction of sp³-hybridized carbons (Fsp3) is 0.294. The Morgan fingerprint density at radius 1 is 1.32 bits per heavy atom. The molecule has 11 heteroatoms. The number of benzene rings is 1. The number of carbonyl (C=O) groups is 2. The van der Waals surface area contributed by atoms with Gasteiger partial charge in [-0.25, -0.2) is 4.98 Å². The molecule has 0 aliphatic rings. The SMILES string of the molecule is COC(=O)Cc1cc(=O)[nH]c(S[C@H](C)C(=O)Nc2ccccc2OC(F)F)n1. The van der Waals surface area contributed by atoms with E-state index >= 15 is 0 Å². The first kappa shape index (κ1) is 21.4. The number of esters is 1. The Morgan fingerprint density at radius 2 is 2.04 bits per heavy atom. The Morgan fingerprint density at radius 3 is 2.71 bits per heavy atom. The van der Waals surface area contributed by atoms with Crippen molar-refractivity contribution in [3.8, 4) is 5.75 Å². The van der Waals surface area contributed by atoms with Crippen molar-refractivity contribution in [3.63, 3.8) is 0 Å². The number of amides is 1. The van der Waals surface area contributed by atoms with Gasteiger partial charge in [0.1, 0.15) is 5.75 Å². The van der Waals surface area contributed by atoms with Gasteiger partial charge in [0.15, 0.2) is 5.16 Å². The van der Waals surface area contributed by atoms with Crippen LogP contribution in [0, 0.1) is 0 Å². The van der Waals surface area contributed by atoms with Crippen LogP contribution < -0.4 is 15.6 Å². The van der Waals surface area contributed by atoms with Gasteiger partial charge >= 0.3 is 12.6 Å². The molecule has 2 aromatic rings. The van der Waals surface area contributed by atoms with Crippen molar-refractivity contribution in [2.75, 3.05) is 12.4 Å². The predicted molar refractivity (Wildman–Crippen MR) is 97.6 cm³/mol. The van der Waals surface area contributed by atoms with E-state index in [0.717, 1.165) is 17.8 Å². The number of H-pyrrole nitrogens is 1. The lowest BCUT2D eigenvalue weighted by Crippen LogP contribution is -2.24. The summed E-state index contributed by atoms with van der Waals surface area (Å²) in [4.78, 5) is 42.0. The van der Waals surface area contributed by atoms with E-state index in [1.165, 1.54) is 25.3 Å². The number of aromatic amines is 1. The van der Waals surface area contributed by atoms with Gasteiger partial charge in [-0.2, -0.15) is 8.78 Å². The van der Waals surface area contributed by atoms with Crippen LogP contribution in [0.1, 0.15) is 12.6 Å². The van der Waals surface area contributed by atoms with E-state index in [1.807, 2.05) is 0 Å². The Balaban J connectivity index is 2.09. The third kappa shape index (κ3) is 6.34. The molecule has 0 saturated heterocycles. The molecule has 8 nitrogen and oxygen atoms in total. The number of alkyl halides is 2. The summed E-state index contributed by atoms with van der Waals surface area (Å²) in [7, 11) is 1.22. The quantitative estimate of drug-likeness (QED) is 0.388. The average Bonchev–Trinajstić information content (AvgIpc) is 2.62. The minimum Gasteiger partial charge on any atom is -0.469 e. The van der Waals surface area contributed by atoms with E-state index < -0.39 is 29.3 Å². The molecule has 0 saturated carbocycles. The normalized spacial score (nSPS) is 11.8. The number of hydrogen-bond donors (Lipinski definition) is 2. The molecular weight excluding hydrogens is 396 g/mol. The third-order valence-corrected chi connectivity index (χ3v) is 4.33. The Bertz CT molecular complexity index is 906. The molecule has 28 heavy (non-hydrogen) atoms. The van der Waals surface area contributed by atoms with Gasteiger partial charge in [-0.05, 0) is 19.1 Å². The van der Waals surface area contributed by atoms with Crippen LogP contribution in [0.4, 0.5) is 14.5 Å². The van der Waals surface area contributed by atoms with E-state index in [9.17, 15) is 23.2 Å². The molecule has 0 spiro atoms. The standard InChI is InChI=1S/C17H17F2N3O5S/c1-9(15(25)21-11-5-3-4-6-12(11)27-16(18)19)28-17-20-10(7-13(23)22-17)8-14(24)26-2/h3-7,9,16H,8H2,1-2H3,(H,21,25)(H,20,22,23)/t9-/m1/s1. The summed E-state index contributed by atoms with van der Waals surface area (Å²) >= 11 is 0.934. The number of para-hydroxylation sites is 2. The second kappa shape index (κ2) is 9.83. The van der Waals surface area contributed by atoms with Gasteiger partial charge in [-0.15, -0.1) is 0 Å². The van der Waals surface area contributed by atoms with Crippen molar-refractivity contribution in [2.24, 2.45) is 0 Å². The monoisotopic (exact) mass is 413 g/mol. The van der Waals surface area contributed by atoms with Crippen molar-refractivity contribution >= 4 is 29.3 Å². The second-order valence-electron chi connectivity index (χ2n) is 5.42. The minimum absolute atomic E-state index is 0.0844. The fourth-order valence-electron chi connectivity index (χ4n) is 2.07. The van der Waals surface area contributed by atoms with Gasteiger partial charge in [0.2, 0.25) is 5.91 Å². The molecule has 1 aromatic carbocycles. The van der Waals surface area contributed by atoms with Gasteiger partial charge < -0.3 is 19.8 Å². The molecule has 1 heterocycles. The lowest BCUT2D eigenvalue weighted by atomic mass is 10.3. The zero-order valence-corrected chi connectivity index (χ0v) is 15.7. The zero-order chi connectivity index (χ0) is 20.7. The number of carbonyl (C=O) groups excluding carboxylic acids is 2. The van der Waals surface area contributed by atoms with E-state index in [2.05, 4.69) is 24.8 Å². The van der Waals surface area contributed by atoms with Gasteiger partial charge in [0.05, 0.1) is 30.2 Å². The number of nitrogens with one attached hydrogen (secondary N) is 2. The number of methoxy groups -OCH3 is 1. The van der Waals surface area contributed by atoms with Crippen LogP contribution >= 0.6 is 11.8 Å². The summed E-state index contributed by atoms with van der Waals surface area (Å²) in [6.45, 7) is -1.49. The van der Waals surface area contributed by atoms with Crippen LogP contribution in [0.5, 0.6) is 5.75 Å². The molecule has 0 bridgehead atoms. The molecule has 0 aliphatic carbocycles. The number of halogens is 2. The molecule has 2 rings (SSSR count). The maximum Gasteiger partial charge on any atom is 0.387 e. The Kier molecular flexibility index (Phi) is 7.50. The van der Waals surface area contributed by atoms with Crippen molar-refractivity contribution in [1.82, 2.24) is 9.97 Å². The number of hydrogen-bond acceptors (Lipinski definition) is 7. The molecule has 1 aromatic heterocycles. The molecule has 150 valence electrons. The highest BCUT2D eigenvalue weighted by molar-refractivity contribution is 8.00. The molecule has 0 unspecified atom stereocenters. The molecule has 1 amide bonds. The van der Waals surface area contributed by atoms with Crippen LogP contribution in [0.3, 0.4) is 0 Å². The molecule has 0 aliphatic heterocycles. The van der Waals surface area contributed by atoms with Crippen molar-refractivity contribution < 1.29 is 27.8 Å². The smallest absolute Gasteiger partial charge is 0.387 e. The predicted octanol–water partition coefficient (Wildman–Crippen LogP) is 2.21. The van der Waals surface area contributed by atoms with E-state index in [-0.39, 0.29) is 28.7 Å². The van der Waals surface area contributed by atoms with Crippen molar-refractivity contribution in [3.05, 3.63) is 46.4 Å². The summed E-state index contributed by atoms with van der Waals surface area (Å²) in [6, 6.07) is 6.93. The summed E-state index contributed by atoms with van der Waals surface area (Å²) < 4.78 is 33.8. The van der Waals surface area contributed by atoms with Crippen LogP contribution in [-0.2, 0) is 20.7 Å². The highest BCUT2D eigenvalue weighted by Gasteiger charge is 2.19. The largest absolute Gasteiger partial charge is 0.469 e. The van der Waals surface area contributed by atoms with E-state index in [4.69, 9.17) is 0 Å². The molecule has 2 N–H and O–H groups in total. The average molecular weight is 413 g/mol. The van der Waals surface area contributed by atoms with Crippen LogP contribution in [0.2, 0.25) is 0 Å². The second-order valence-corrected chi connectivity index (χ2v) is 6.75. The molecule has 0 radical (unpaired) electrons. The first-order valence-electron chi connectivity index (χ1n) is 7.97. The lowest BCUT2D eigenvalue weighted by Gasteiger charge is -2.14. The number of aromatic nitrogens is 2. The van der Waals surface area contributed by atoms with E-state index in [1.54, 1.807) is 13.0 Å². The number of thioether (sulfide) groups is 1. The number of nitrogens with zero attached hydrogens (tertiary/aromatic N) is 1. The molecular formula is C17H17F2N3O5S. The summed E-state index contributed by atoms with van der Waals surface area (Å²) in [6.07, 6.45) is -0.188. The fourth-order valence-corrected chi connectivity index (χ4v) is 2.90. The van der Waals surface area contributed by atoms with Crippen molar-refractivity contribution in [2.45, 2.75) is 30.4 Å². The summed E-state index contributed by atoms with van der Waals surface area (Å²) in [5.41, 5.74) is -0.206. The van der Waals surface area contributed by atoms with Crippen LogP contribution in [0.15, 0.2) is 40.3 Å². The van der Waals surface area contributed by atoms with Crippen LogP contribution in [-0.4, -0.2) is 40.8 Å². The Labute approximate surface area is 162 Å². The highest BCUT2D eigenvalue weighted by Crippen LogP contribution is 2.27. The minimum atomic E-state index is -3.03. The number of ether oxygens (including phenoxy) is 2. The number of rotatable bonds is 8. The Hall–Kier alpha value is -2.95. The maximum atomic E-state index is 12.5. The third-order valence-electron chi connectivity index (χ3n) is 3.34. The maximum absolute atomic E-state index is 12.5. The summed E-state index contributed by atoms with van der Waals surface area (Å²) in [5.74, 6) is -1.25. The molecule has 1 atom stereocenters. The topological polar surface area (TPSA) is 110 Å². The van der Waals surface area contributed by atoms with E-state index in [0.29, 0.717) is 0 Å². The van der Waals surface area contributed by atoms with Crippen LogP contribution in [0.25, 0.3) is 0 Å². The summed E-state index contributed by atoms with van der Waals surface area (Å²) in [5, 5.41) is 1.89. The lowest BCUT2D eigenvalue weighted by molar-refractivity contribution is -0.139. The van der Waals surface area contributed by atoms with Gasteiger partial charge in [-0.3, -0.25) is 14.4 Å². The first-order valence-corrected chi connectivity index (χ1v) is 8.85. The van der Waals surface area contributed by atoms with Gasteiger partial charge in [0, 0.05) is 6.07 Å². The number of anilines is 1. The highest BCUT2D eigenvalue weighted by atomic mass is 32.2. The zero-order valence-electron chi connectivity index (χ0n) is 14.9. The van der Waals surface area contributed by atoms with Gasteiger partial charge in [-0.1, -0.05) is 23.9 Å².